The predicted octanol–water partition coefficient (Wildman–Crippen LogP) is 1.57. The van der Waals surface area contributed by atoms with Gasteiger partial charge in [-0.25, -0.2) is 0 Å². The number of hydrogen-bond donors (Lipinski definition) is 1. The number of hydrogen-bond acceptors (Lipinski definition) is 2. The fourth-order valence-corrected chi connectivity index (χ4v) is 2.35. The summed E-state index contributed by atoms with van der Waals surface area (Å²) in [6, 6.07) is 9.40. The van der Waals surface area contributed by atoms with Crippen LogP contribution in [-0.2, 0) is 9.59 Å². The van der Waals surface area contributed by atoms with Crippen molar-refractivity contribution < 1.29 is 9.59 Å². The normalized spacial score (nSPS) is 22.3. The highest BCUT2D eigenvalue weighted by Crippen LogP contribution is 2.33. The van der Waals surface area contributed by atoms with Gasteiger partial charge in [0.25, 0.3) is 0 Å². The van der Waals surface area contributed by atoms with E-state index >= 15 is 0 Å². The highest BCUT2D eigenvalue weighted by Gasteiger charge is 2.38. The Bertz CT molecular complexity index is 587. The smallest absolute Gasteiger partial charge is 0.248 e. The molecule has 1 unspecified atom stereocenters. The van der Waals surface area contributed by atoms with Crippen molar-refractivity contribution in [1.82, 2.24) is 5.32 Å². The lowest BCUT2D eigenvalue weighted by Gasteiger charge is -2.20. The molecule has 4 heteroatoms. The molecule has 0 bridgehead atoms. The summed E-state index contributed by atoms with van der Waals surface area (Å²) in [5.41, 5.74) is 2.26. The van der Waals surface area contributed by atoms with Crippen molar-refractivity contribution in [2.75, 3.05) is 4.90 Å². The summed E-state index contributed by atoms with van der Waals surface area (Å²) in [7, 11) is 0. The summed E-state index contributed by atoms with van der Waals surface area (Å²) in [5, 5.41) is 2.72. The van der Waals surface area contributed by atoms with E-state index in [1.807, 2.05) is 37.3 Å². The fraction of sp³-hybridized carbons (Fsp3) is 0.143. The zero-order valence-corrected chi connectivity index (χ0v) is 9.88. The van der Waals surface area contributed by atoms with Crippen LogP contribution in [0.15, 0.2) is 53.9 Å². The van der Waals surface area contributed by atoms with Gasteiger partial charge in [-0.3, -0.25) is 14.5 Å². The monoisotopic (exact) mass is 240 g/mol. The molecule has 18 heavy (non-hydrogen) atoms. The van der Waals surface area contributed by atoms with E-state index in [0.29, 0.717) is 5.70 Å². The predicted molar refractivity (Wildman–Crippen MR) is 67.4 cm³/mol. The molecule has 4 nitrogen and oxygen atoms in total. The molecule has 0 radical (unpaired) electrons. The SMILES string of the molecule is CC1=CC(=O)NC2=CN(c3ccccc3)C(=O)C12. The molecule has 0 saturated carbocycles. The molecule has 0 fully saturated rings. The lowest BCUT2D eigenvalue weighted by Crippen LogP contribution is -2.34. The molecular weight excluding hydrogens is 228 g/mol. The Morgan fingerprint density at radius 3 is 2.61 bits per heavy atom. The number of para-hydroxylation sites is 1. The summed E-state index contributed by atoms with van der Waals surface area (Å²) in [4.78, 5) is 25.3. The highest BCUT2D eigenvalue weighted by molar-refractivity contribution is 6.06. The van der Waals surface area contributed by atoms with Gasteiger partial charge in [0.2, 0.25) is 11.8 Å². The Hall–Kier alpha value is -2.36. The third-order valence-corrected chi connectivity index (χ3v) is 3.18. The van der Waals surface area contributed by atoms with Crippen LogP contribution in [0.5, 0.6) is 0 Å². The first-order chi connectivity index (χ1) is 8.66. The van der Waals surface area contributed by atoms with Gasteiger partial charge in [-0.05, 0) is 24.6 Å². The van der Waals surface area contributed by atoms with E-state index in [1.165, 1.54) is 6.08 Å². The maximum atomic E-state index is 12.3. The van der Waals surface area contributed by atoms with Gasteiger partial charge in [-0.2, -0.15) is 0 Å². The standard InChI is InChI=1S/C14H12N2O2/c1-9-7-12(17)15-11-8-16(14(18)13(9)11)10-5-3-2-4-6-10/h2-8,13H,1H3,(H,15,17). The van der Waals surface area contributed by atoms with E-state index in [0.717, 1.165) is 11.3 Å². The number of rotatable bonds is 1. The molecule has 0 aliphatic carbocycles. The summed E-state index contributed by atoms with van der Waals surface area (Å²) in [6.45, 7) is 1.81. The second kappa shape index (κ2) is 3.84. The maximum Gasteiger partial charge on any atom is 0.248 e. The van der Waals surface area contributed by atoms with Gasteiger partial charge in [0.15, 0.2) is 0 Å². The first-order valence-corrected chi connectivity index (χ1v) is 5.76. The van der Waals surface area contributed by atoms with Crippen LogP contribution in [0.4, 0.5) is 5.69 Å². The number of nitrogens with zero attached hydrogens (tertiary/aromatic N) is 1. The van der Waals surface area contributed by atoms with Gasteiger partial charge >= 0.3 is 0 Å². The Morgan fingerprint density at radius 1 is 1.17 bits per heavy atom. The quantitative estimate of drug-likeness (QED) is 0.810. The van der Waals surface area contributed by atoms with Crippen molar-refractivity contribution >= 4 is 17.5 Å². The maximum absolute atomic E-state index is 12.3. The molecule has 0 saturated heterocycles. The third kappa shape index (κ3) is 1.54. The fourth-order valence-electron chi connectivity index (χ4n) is 2.35. The summed E-state index contributed by atoms with van der Waals surface area (Å²) < 4.78 is 0. The number of carbonyl (C=O) groups is 2. The van der Waals surface area contributed by atoms with E-state index in [2.05, 4.69) is 5.32 Å². The minimum atomic E-state index is -0.345. The molecule has 2 aliphatic heterocycles. The number of benzene rings is 1. The number of fused-ring (bicyclic) bond motifs is 1. The van der Waals surface area contributed by atoms with E-state index < -0.39 is 0 Å². The Morgan fingerprint density at radius 2 is 1.89 bits per heavy atom. The summed E-state index contributed by atoms with van der Waals surface area (Å²) >= 11 is 0. The van der Waals surface area contributed by atoms with Crippen LogP contribution in [0, 0.1) is 5.92 Å². The van der Waals surface area contributed by atoms with Crippen molar-refractivity contribution in [3.8, 4) is 0 Å². The minimum Gasteiger partial charge on any atom is -0.324 e. The number of amides is 2. The van der Waals surface area contributed by atoms with Crippen LogP contribution in [-0.4, -0.2) is 11.8 Å². The van der Waals surface area contributed by atoms with Crippen LogP contribution in [0.3, 0.4) is 0 Å². The molecule has 2 aliphatic rings. The van der Waals surface area contributed by atoms with Crippen molar-refractivity contribution in [1.29, 1.82) is 0 Å². The average molecular weight is 240 g/mol. The van der Waals surface area contributed by atoms with E-state index in [-0.39, 0.29) is 17.7 Å². The van der Waals surface area contributed by atoms with Crippen LogP contribution < -0.4 is 10.2 Å². The molecule has 3 rings (SSSR count). The lowest BCUT2D eigenvalue weighted by atomic mass is 9.95. The van der Waals surface area contributed by atoms with Crippen molar-refractivity contribution in [3.63, 3.8) is 0 Å². The molecule has 90 valence electrons. The second-order valence-electron chi connectivity index (χ2n) is 4.44. The van der Waals surface area contributed by atoms with Crippen LogP contribution >= 0.6 is 0 Å². The zero-order chi connectivity index (χ0) is 12.7. The van der Waals surface area contributed by atoms with Gasteiger partial charge < -0.3 is 5.32 Å². The van der Waals surface area contributed by atoms with Crippen LogP contribution in [0.1, 0.15) is 6.92 Å². The van der Waals surface area contributed by atoms with E-state index in [4.69, 9.17) is 0 Å². The van der Waals surface area contributed by atoms with Gasteiger partial charge in [-0.1, -0.05) is 18.2 Å². The van der Waals surface area contributed by atoms with Gasteiger partial charge in [0.05, 0.1) is 5.70 Å². The van der Waals surface area contributed by atoms with Crippen molar-refractivity contribution in [2.45, 2.75) is 6.92 Å². The van der Waals surface area contributed by atoms with Crippen LogP contribution in [0.25, 0.3) is 0 Å². The Balaban J connectivity index is 2.02. The first-order valence-electron chi connectivity index (χ1n) is 5.76. The van der Waals surface area contributed by atoms with E-state index in [1.54, 1.807) is 11.1 Å². The lowest BCUT2D eigenvalue weighted by molar-refractivity contribution is -0.119. The molecule has 2 heterocycles. The summed E-state index contributed by atoms with van der Waals surface area (Å²) in [5.74, 6) is -0.537. The Kier molecular flexibility index (Phi) is 2.30. The molecular formula is C14H12N2O2. The molecule has 2 amide bonds. The number of anilines is 1. The zero-order valence-electron chi connectivity index (χ0n) is 9.88. The summed E-state index contributed by atoms with van der Waals surface area (Å²) in [6.07, 6.45) is 3.19. The van der Waals surface area contributed by atoms with Crippen LogP contribution in [0.2, 0.25) is 0 Å². The number of carbonyl (C=O) groups excluding carboxylic acids is 2. The van der Waals surface area contributed by atoms with Gasteiger partial charge in [-0.15, -0.1) is 0 Å². The first kappa shape index (κ1) is 10.8. The molecule has 1 atom stereocenters. The number of nitrogens with one attached hydrogen (secondary N) is 1. The molecule has 1 aromatic rings. The molecule has 0 aromatic heterocycles. The molecule has 1 aromatic carbocycles. The van der Waals surface area contributed by atoms with E-state index in [9.17, 15) is 9.59 Å². The largest absolute Gasteiger partial charge is 0.324 e. The average Bonchev–Trinajstić information content (AvgIpc) is 2.67. The third-order valence-electron chi connectivity index (χ3n) is 3.18. The minimum absolute atomic E-state index is 0.0232. The molecule has 0 spiro atoms. The highest BCUT2D eigenvalue weighted by atomic mass is 16.2. The topological polar surface area (TPSA) is 49.4 Å². The van der Waals surface area contributed by atoms with Crippen molar-refractivity contribution in [2.24, 2.45) is 5.92 Å². The second-order valence-corrected chi connectivity index (χ2v) is 4.44. The van der Waals surface area contributed by atoms with Gasteiger partial charge in [0.1, 0.15) is 5.92 Å². The van der Waals surface area contributed by atoms with Gasteiger partial charge in [0, 0.05) is 18.0 Å². The molecule has 1 N–H and O–H groups in total. The van der Waals surface area contributed by atoms with Crippen molar-refractivity contribution in [3.05, 3.63) is 53.9 Å². The Labute approximate surface area is 105 Å².